The van der Waals surface area contributed by atoms with Crippen molar-refractivity contribution < 1.29 is 4.79 Å². The van der Waals surface area contributed by atoms with Crippen molar-refractivity contribution in [2.24, 2.45) is 17.8 Å². The molecule has 1 N–H and O–H groups in total. The number of carbonyl (C=O) groups is 1. The maximum Gasteiger partial charge on any atom is 0.226 e. The Morgan fingerprint density at radius 1 is 1.12 bits per heavy atom. The van der Waals surface area contributed by atoms with E-state index < -0.39 is 0 Å². The van der Waals surface area contributed by atoms with E-state index >= 15 is 0 Å². The van der Waals surface area contributed by atoms with Crippen LogP contribution in [0.15, 0.2) is 12.2 Å². The van der Waals surface area contributed by atoms with Gasteiger partial charge < -0.3 is 10.2 Å². The van der Waals surface area contributed by atoms with Crippen LogP contribution in [0.2, 0.25) is 0 Å². The lowest BCUT2D eigenvalue weighted by Crippen LogP contribution is -2.70. The van der Waals surface area contributed by atoms with E-state index in [0.29, 0.717) is 35.7 Å². The standard InChI is InChI=1S/C13H18N2O/c16-13(12-4-8-1-2-9(12)3-8)15-10-5-11(15)7-14-6-10/h1-2,8-12,14H,3-7H2/t8-,9+,10?,11?,12?/m1/s1. The average Bonchev–Trinajstić information content (AvgIpc) is 2.91. The third-order valence-corrected chi connectivity index (χ3v) is 4.94. The van der Waals surface area contributed by atoms with Crippen LogP contribution >= 0.6 is 0 Å². The number of hydrogen-bond donors (Lipinski definition) is 1. The molecule has 86 valence electrons. The first-order chi connectivity index (χ1) is 7.83. The molecule has 0 radical (unpaired) electrons. The van der Waals surface area contributed by atoms with Crippen molar-refractivity contribution >= 4 is 5.91 Å². The van der Waals surface area contributed by atoms with Crippen molar-refractivity contribution in [1.82, 2.24) is 10.2 Å². The molecule has 0 aromatic rings. The van der Waals surface area contributed by atoms with Crippen LogP contribution in [0.1, 0.15) is 19.3 Å². The molecule has 4 bridgehead atoms. The molecule has 2 saturated heterocycles. The van der Waals surface area contributed by atoms with E-state index in [-0.39, 0.29) is 0 Å². The van der Waals surface area contributed by atoms with Crippen LogP contribution in [0.25, 0.3) is 0 Å². The number of piperazine rings is 1. The Kier molecular flexibility index (Phi) is 1.79. The third kappa shape index (κ3) is 1.10. The molecule has 2 aliphatic heterocycles. The van der Waals surface area contributed by atoms with Crippen LogP contribution in [0.3, 0.4) is 0 Å². The van der Waals surface area contributed by atoms with E-state index in [2.05, 4.69) is 22.4 Å². The molecule has 3 heteroatoms. The Labute approximate surface area is 95.9 Å². The molecule has 3 fully saturated rings. The van der Waals surface area contributed by atoms with Gasteiger partial charge in [-0.05, 0) is 31.1 Å². The van der Waals surface area contributed by atoms with Crippen LogP contribution in [-0.4, -0.2) is 36.0 Å². The Bertz CT molecular complexity index is 351. The SMILES string of the molecule is O=C(C1C[C@@H]2C=C[C@H]1C2)N1C2CNCC1C2. The van der Waals surface area contributed by atoms with Gasteiger partial charge in [-0.3, -0.25) is 4.79 Å². The number of fused-ring (bicyclic) bond motifs is 4. The van der Waals surface area contributed by atoms with E-state index in [4.69, 9.17) is 0 Å². The number of allylic oxidation sites excluding steroid dienone is 2. The van der Waals surface area contributed by atoms with Crippen molar-refractivity contribution in [3.05, 3.63) is 12.2 Å². The van der Waals surface area contributed by atoms with Gasteiger partial charge in [0.2, 0.25) is 5.91 Å². The number of amides is 1. The lowest BCUT2D eigenvalue weighted by atomic mass is 9.84. The summed E-state index contributed by atoms with van der Waals surface area (Å²) in [7, 11) is 0. The molecular formula is C13H18N2O. The van der Waals surface area contributed by atoms with Gasteiger partial charge in [0.1, 0.15) is 0 Å². The largest absolute Gasteiger partial charge is 0.334 e. The van der Waals surface area contributed by atoms with Crippen LogP contribution in [0, 0.1) is 17.8 Å². The average molecular weight is 218 g/mol. The zero-order valence-corrected chi connectivity index (χ0v) is 9.43. The summed E-state index contributed by atoms with van der Waals surface area (Å²) < 4.78 is 0. The van der Waals surface area contributed by atoms with Crippen molar-refractivity contribution in [2.75, 3.05) is 13.1 Å². The van der Waals surface area contributed by atoms with Crippen molar-refractivity contribution in [3.8, 4) is 0 Å². The zero-order valence-electron chi connectivity index (χ0n) is 9.43. The zero-order chi connectivity index (χ0) is 10.7. The highest BCUT2D eigenvalue weighted by molar-refractivity contribution is 5.82. The summed E-state index contributed by atoms with van der Waals surface area (Å²) >= 11 is 0. The summed E-state index contributed by atoms with van der Waals surface area (Å²) in [6.07, 6.45) is 8.17. The van der Waals surface area contributed by atoms with E-state index in [0.717, 1.165) is 19.5 Å². The second-order valence-electron chi connectivity index (χ2n) is 5.83. The van der Waals surface area contributed by atoms with E-state index in [9.17, 15) is 4.79 Å². The molecule has 0 aromatic carbocycles. The Balaban J connectivity index is 1.52. The Morgan fingerprint density at radius 3 is 2.50 bits per heavy atom. The van der Waals surface area contributed by atoms with Gasteiger partial charge in [0.05, 0.1) is 0 Å². The molecule has 3 unspecified atom stereocenters. The van der Waals surface area contributed by atoms with Crippen LogP contribution < -0.4 is 5.32 Å². The smallest absolute Gasteiger partial charge is 0.226 e. The second-order valence-corrected chi connectivity index (χ2v) is 5.83. The highest BCUT2D eigenvalue weighted by Gasteiger charge is 2.49. The molecule has 1 amide bonds. The number of hydrogen-bond acceptors (Lipinski definition) is 2. The molecule has 3 nitrogen and oxygen atoms in total. The molecule has 0 spiro atoms. The summed E-state index contributed by atoms with van der Waals surface area (Å²) in [6, 6.07) is 1.02. The van der Waals surface area contributed by atoms with Crippen LogP contribution in [-0.2, 0) is 4.79 Å². The number of rotatable bonds is 1. The maximum absolute atomic E-state index is 12.5. The first-order valence-electron chi connectivity index (χ1n) is 6.54. The predicted molar refractivity (Wildman–Crippen MR) is 60.8 cm³/mol. The molecule has 5 atom stereocenters. The predicted octanol–water partition coefficient (Wildman–Crippen LogP) is 0.771. The summed E-state index contributed by atoms with van der Waals surface area (Å²) in [5.41, 5.74) is 0. The Morgan fingerprint density at radius 2 is 1.94 bits per heavy atom. The van der Waals surface area contributed by atoms with Crippen molar-refractivity contribution in [3.63, 3.8) is 0 Å². The quantitative estimate of drug-likeness (QED) is 0.659. The number of nitrogens with one attached hydrogen (secondary N) is 1. The minimum absolute atomic E-state index is 0.318. The summed E-state index contributed by atoms with van der Waals surface area (Å²) in [6.45, 7) is 2.03. The van der Waals surface area contributed by atoms with Gasteiger partial charge in [-0.25, -0.2) is 0 Å². The molecular weight excluding hydrogens is 200 g/mol. The molecule has 1 saturated carbocycles. The molecule has 2 aliphatic carbocycles. The van der Waals surface area contributed by atoms with Gasteiger partial charge in [0.15, 0.2) is 0 Å². The lowest BCUT2D eigenvalue weighted by Gasteiger charge is -2.54. The normalized spacial score (nSPS) is 48.2. The topological polar surface area (TPSA) is 32.3 Å². The fraction of sp³-hybridized carbons (Fsp3) is 0.769. The minimum atomic E-state index is 0.318. The molecule has 2 heterocycles. The van der Waals surface area contributed by atoms with Crippen molar-refractivity contribution in [1.29, 1.82) is 0 Å². The third-order valence-electron chi connectivity index (χ3n) is 4.94. The Hall–Kier alpha value is -0.830. The molecule has 16 heavy (non-hydrogen) atoms. The molecule has 0 aromatic heterocycles. The van der Waals surface area contributed by atoms with Gasteiger partial charge in [0, 0.05) is 31.1 Å². The van der Waals surface area contributed by atoms with Gasteiger partial charge in [-0.1, -0.05) is 12.2 Å². The fourth-order valence-electron chi connectivity index (χ4n) is 4.10. The summed E-state index contributed by atoms with van der Waals surface area (Å²) in [5.74, 6) is 2.04. The minimum Gasteiger partial charge on any atom is -0.334 e. The highest BCUT2D eigenvalue weighted by atomic mass is 16.2. The summed E-state index contributed by atoms with van der Waals surface area (Å²) in [5, 5.41) is 3.39. The number of carbonyl (C=O) groups excluding carboxylic acids is 1. The van der Waals surface area contributed by atoms with Gasteiger partial charge in [-0.2, -0.15) is 0 Å². The first kappa shape index (κ1) is 9.23. The summed E-state index contributed by atoms with van der Waals surface area (Å²) in [4.78, 5) is 14.7. The fourth-order valence-corrected chi connectivity index (χ4v) is 4.10. The highest BCUT2D eigenvalue weighted by Crippen LogP contribution is 2.45. The number of nitrogens with zero attached hydrogens (tertiary/aromatic N) is 1. The number of piperidine rings is 1. The van der Waals surface area contributed by atoms with Gasteiger partial charge >= 0.3 is 0 Å². The van der Waals surface area contributed by atoms with Gasteiger partial charge in [-0.15, -0.1) is 0 Å². The van der Waals surface area contributed by atoms with Crippen molar-refractivity contribution in [2.45, 2.75) is 31.3 Å². The second kappa shape index (κ2) is 3.10. The van der Waals surface area contributed by atoms with E-state index in [1.54, 1.807) is 0 Å². The van der Waals surface area contributed by atoms with E-state index in [1.807, 2.05) is 0 Å². The van der Waals surface area contributed by atoms with E-state index in [1.165, 1.54) is 12.8 Å². The van der Waals surface area contributed by atoms with Crippen LogP contribution in [0.5, 0.6) is 0 Å². The first-order valence-corrected chi connectivity index (χ1v) is 6.54. The maximum atomic E-state index is 12.5. The lowest BCUT2D eigenvalue weighted by molar-refractivity contribution is -0.152. The molecule has 4 aliphatic rings. The monoisotopic (exact) mass is 218 g/mol. The van der Waals surface area contributed by atoms with Crippen LogP contribution in [0.4, 0.5) is 0 Å². The van der Waals surface area contributed by atoms with Gasteiger partial charge in [0.25, 0.3) is 0 Å². The molecule has 4 rings (SSSR count).